The summed E-state index contributed by atoms with van der Waals surface area (Å²) >= 11 is 22.9. The van der Waals surface area contributed by atoms with Gasteiger partial charge in [-0.1, -0.05) is 95.6 Å². The van der Waals surface area contributed by atoms with Gasteiger partial charge in [-0.05, 0) is 38.5 Å². The molecule has 0 saturated heterocycles. The van der Waals surface area contributed by atoms with Crippen LogP contribution in [0.25, 0.3) is 0 Å². The van der Waals surface area contributed by atoms with Crippen LogP contribution in [0.15, 0.2) is 0 Å². The molecule has 6 atom stereocenters. The van der Waals surface area contributed by atoms with Gasteiger partial charge in [0.15, 0.2) is 0 Å². The molecule has 0 aromatic heterocycles. The molecular formula is C12H18Br6. The van der Waals surface area contributed by atoms with E-state index in [1.165, 1.54) is 38.5 Å². The number of rotatable bonds is 0. The smallest absolute Gasteiger partial charge is 0.0271 e. The third-order valence-electron chi connectivity index (χ3n) is 3.33. The van der Waals surface area contributed by atoms with Gasteiger partial charge in [-0.15, -0.1) is 0 Å². The highest BCUT2D eigenvalue weighted by atomic mass is 79.9. The predicted molar refractivity (Wildman–Crippen MR) is 104 cm³/mol. The minimum atomic E-state index is 0.560. The molecule has 6 heteroatoms. The number of hydrogen-bond donors (Lipinski definition) is 0. The highest BCUT2D eigenvalue weighted by Crippen LogP contribution is 2.34. The average Bonchev–Trinajstić information content (AvgIpc) is 2.36. The lowest BCUT2D eigenvalue weighted by Gasteiger charge is -2.25. The first kappa shape index (κ1) is 18.9. The highest BCUT2D eigenvalue weighted by molar-refractivity contribution is 9.13. The van der Waals surface area contributed by atoms with Gasteiger partial charge < -0.3 is 0 Å². The Morgan fingerprint density at radius 2 is 0.444 bits per heavy atom. The van der Waals surface area contributed by atoms with E-state index >= 15 is 0 Å². The maximum absolute atomic E-state index is 3.82. The molecule has 0 aromatic carbocycles. The second-order valence-corrected chi connectivity index (χ2v) is 11.9. The molecule has 0 radical (unpaired) electrons. The Hall–Kier alpha value is 2.88. The van der Waals surface area contributed by atoms with Crippen LogP contribution >= 0.6 is 95.6 Å². The monoisotopic (exact) mass is 636 g/mol. The lowest BCUT2D eigenvalue weighted by Crippen LogP contribution is -2.25. The first-order valence-corrected chi connectivity index (χ1v) is 11.8. The average molecular weight is 642 g/mol. The SMILES string of the molecule is Br[C@@H]1CC[C@@H](Br)[C@@H](Br)CC[C@@H](Br)[C@@H](Br)CC[C@H]1Br. The lowest BCUT2D eigenvalue weighted by atomic mass is 10.0. The summed E-state index contributed by atoms with van der Waals surface area (Å²) in [6, 6.07) is 0. The summed E-state index contributed by atoms with van der Waals surface area (Å²) in [5.41, 5.74) is 0. The van der Waals surface area contributed by atoms with Gasteiger partial charge in [0.1, 0.15) is 0 Å². The van der Waals surface area contributed by atoms with Gasteiger partial charge in [0.25, 0.3) is 0 Å². The third-order valence-corrected chi connectivity index (χ3v) is 12.0. The van der Waals surface area contributed by atoms with Crippen molar-refractivity contribution in [1.29, 1.82) is 0 Å². The first-order valence-electron chi connectivity index (χ1n) is 6.26. The molecule has 0 unspecified atom stereocenters. The molecule has 0 spiro atoms. The van der Waals surface area contributed by atoms with E-state index in [9.17, 15) is 0 Å². The van der Waals surface area contributed by atoms with E-state index in [-0.39, 0.29) is 0 Å². The van der Waals surface area contributed by atoms with E-state index in [2.05, 4.69) is 95.6 Å². The van der Waals surface area contributed by atoms with Crippen molar-refractivity contribution >= 4 is 95.6 Å². The zero-order valence-electron chi connectivity index (χ0n) is 9.97. The molecule has 0 bridgehead atoms. The molecule has 1 aliphatic carbocycles. The maximum Gasteiger partial charge on any atom is 0.0271 e. The Kier molecular flexibility index (Phi) is 10.3. The predicted octanol–water partition coefficient (Wildman–Crippen LogP) is 6.92. The first-order chi connectivity index (χ1) is 8.41. The summed E-state index contributed by atoms with van der Waals surface area (Å²) in [6.45, 7) is 0. The minimum absolute atomic E-state index is 0.560. The fourth-order valence-corrected chi connectivity index (χ4v) is 5.21. The number of alkyl halides is 6. The Bertz CT molecular complexity index is 175. The van der Waals surface area contributed by atoms with Crippen molar-refractivity contribution in [1.82, 2.24) is 0 Å². The summed E-state index contributed by atoms with van der Waals surface area (Å²) in [6.07, 6.45) is 7.24. The summed E-state index contributed by atoms with van der Waals surface area (Å²) in [4.78, 5) is 3.36. The Morgan fingerprint density at radius 3 is 0.556 bits per heavy atom. The fourth-order valence-electron chi connectivity index (χ4n) is 2.04. The van der Waals surface area contributed by atoms with E-state index in [1.54, 1.807) is 0 Å². The highest BCUT2D eigenvalue weighted by Gasteiger charge is 2.25. The van der Waals surface area contributed by atoms with Crippen molar-refractivity contribution in [3.63, 3.8) is 0 Å². The molecular weight excluding hydrogens is 624 g/mol. The molecule has 18 heavy (non-hydrogen) atoms. The van der Waals surface area contributed by atoms with Crippen molar-refractivity contribution < 1.29 is 0 Å². The molecule has 108 valence electrons. The van der Waals surface area contributed by atoms with Crippen molar-refractivity contribution in [2.24, 2.45) is 0 Å². The summed E-state index contributed by atoms with van der Waals surface area (Å²) in [7, 11) is 0. The van der Waals surface area contributed by atoms with E-state index < -0.39 is 0 Å². The van der Waals surface area contributed by atoms with Crippen LogP contribution in [-0.4, -0.2) is 29.0 Å². The molecule has 0 N–H and O–H groups in total. The molecule has 1 saturated carbocycles. The number of halogens is 6. The Labute approximate surface area is 161 Å². The van der Waals surface area contributed by atoms with E-state index in [0.29, 0.717) is 29.0 Å². The number of hydrogen-bond acceptors (Lipinski definition) is 0. The van der Waals surface area contributed by atoms with Gasteiger partial charge in [0, 0.05) is 29.0 Å². The largest absolute Gasteiger partial charge is 0.0879 e. The van der Waals surface area contributed by atoms with E-state index in [4.69, 9.17) is 0 Å². The molecule has 1 aliphatic rings. The maximum atomic E-state index is 3.82. The zero-order valence-corrected chi connectivity index (χ0v) is 19.5. The Morgan fingerprint density at radius 1 is 0.333 bits per heavy atom. The summed E-state index contributed by atoms with van der Waals surface area (Å²) < 4.78 is 0. The fraction of sp³-hybridized carbons (Fsp3) is 1.00. The normalized spacial score (nSPS) is 45.0. The van der Waals surface area contributed by atoms with Crippen molar-refractivity contribution in [3.8, 4) is 0 Å². The van der Waals surface area contributed by atoms with Crippen molar-refractivity contribution in [2.75, 3.05) is 0 Å². The van der Waals surface area contributed by atoms with Crippen LogP contribution in [0, 0.1) is 0 Å². The van der Waals surface area contributed by atoms with Crippen molar-refractivity contribution in [2.45, 2.75) is 67.5 Å². The zero-order chi connectivity index (χ0) is 13.7. The molecule has 0 aliphatic heterocycles. The van der Waals surface area contributed by atoms with Gasteiger partial charge in [-0.3, -0.25) is 0 Å². The molecule has 0 heterocycles. The quantitative estimate of drug-likeness (QED) is 0.252. The van der Waals surface area contributed by atoms with Crippen LogP contribution in [0.1, 0.15) is 38.5 Å². The molecule has 1 fully saturated rings. The van der Waals surface area contributed by atoms with Gasteiger partial charge in [-0.2, -0.15) is 0 Å². The molecule has 0 amide bonds. The van der Waals surface area contributed by atoms with Gasteiger partial charge in [-0.25, -0.2) is 0 Å². The topological polar surface area (TPSA) is 0 Å². The van der Waals surface area contributed by atoms with Crippen LogP contribution in [-0.2, 0) is 0 Å². The van der Waals surface area contributed by atoms with Crippen LogP contribution in [0.2, 0.25) is 0 Å². The van der Waals surface area contributed by atoms with Crippen LogP contribution in [0.4, 0.5) is 0 Å². The van der Waals surface area contributed by atoms with Crippen molar-refractivity contribution in [3.05, 3.63) is 0 Å². The standard InChI is InChI=1S/C12H18Br6/c13-7-1-2-8(14)10(16)5-6-12(18)11(17)4-3-9(7)15/h7-12H,1-6H2/t7-,8-,9-,10+,11+,12-/m1/s1. The molecule has 0 aromatic rings. The molecule has 0 nitrogen and oxygen atoms in total. The van der Waals surface area contributed by atoms with E-state index in [0.717, 1.165) is 0 Å². The van der Waals surface area contributed by atoms with Crippen LogP contribution in [0.5, 0.6) is 0 Å². The third kappa shape index (κ3) is 6.76. The summed E-state index contributed by atoms with van der Waals surface area (Å²) in [5, 5.41) is 0. The second-order valence-electron chi connectivity index (χ2n) is 4.83. The van der Waals surface area contributed by atoms with Gasteiger partial charge in [0.05, 0.1) is 0 Å². The molecule has 1 rings (SSSR count). The lowest BCUT2D eigenvalue weighted by molar-refractivity contribution is 0.557. The van der Waals surface area contributed by atoms with Gasteiger partial charge in [0.2, 0.25) is 0 Å². The van der Waals surface area contributed by atoms with Gasteiger partial charge >= 0.3 is 0 Å². The van der Waals surface area contributed by atoms with E-state index in [1.807, 2.05) is 0 Å². The second kappa shape index (κ2) is 9.81. The summed E-state index contributed by atoms with van der Waals surface area (Å²) in [5.74, 6) is 0. The van der Waals surface area contributed by atoms with Crippen LogP contribution < -0.4 is 0 Å². The Balaban J connectivity index is 2.61. The van der Waals surface area contributed by atoms with Crippen LogP contribution in [0.3, 0.4) is 0 Å². The minimum Gasteiger partial charge on any atom is -0.0879 e.